The maximum atomic E-state index is 12.1. The summed E-state index contributed by atoms with van der Waals surface area (Å²) in [5.74, 6) is 0.716. The molecule has 0 unspecified atom stereocenters. The Morgan fingerprint density at radius 1 is 1.07 bits per heavy atom. The lowest BCUT2D eigenvalue weighted by Crippen LogP contribution is -2.14. The van der Waals surface area contributed by atoms with Crippen molar-refractivity contribution in [2.75, 3.05) is 25.3 Å². The van der Waals surface area contributed by atoms with Crippen LogP contribution in [-0.4, -0.2) is 42.0 Å². The Morgan fingerprint density at radius 2 is 1.87 bits per heavy atom. The normalized spacial score (nSPS) is 10.3. The molecule has 2 aromatic carbocycles. The smallest absolute Gasteiger partial charge is 0.337 e. The van der Waals surface area contributed by atoms with E-state index in [4.69, 9.17) is 13.9 Å². The summed E-state index contributed by atoms with van der Waals surface area (Å²) in [6.45, 7) is 0.0699. The van der Waals surface area contributed by atoms with Gasteiger partial charge in [0.05, 0.1) is 25.5 Å². The monoisotopic (exact) mass is 429 g/mol. The molecule has 0 bridgehead atoms. The van der Waals surface area contributed by atoms with E-state index in [0.717, 1.165) is 11.8 Å². The molecule has 156 valence electrons. The van der Waals surface area contributed by atoms with Crippen LogP contribution in [0.3, 0.4) is 0 Å². The van der Waals surface area contributed by atoms with Crippen molar-refractivity contribution in [3.05, 3.63) is 60.0 Å². The molecule has 3 rings (SSSR count). The number of nitrogens with one attached hydrogen (secondary N) is 1. The number of benzene rings is 2. The van der Waals surface area contributed by atoms with E-state index >= 15 is 0 Å². The van der Waals surface area contributed by atoms with Gasteiger partial charge in [0.25, 0.3) is 11.1 Å². The molecule has 1 aromatic heterocycles. The van der Waals surface area contributed by atoms with Gasteiger partial charge in [0.1, 0.15) is 0 Å². The third kappa shape index (κ3) is 5.74. The van der Waals surface area contributed by atoms with Crippen LogP contribution in [0.2, 0.25) is 0 Å². The van der Waals surface area contributed by atoms with Crippen molar-refractivity contribution in [1.29, 1.82) is 0 Å². The first kappa shape index (κ1) is 21.2. The number of para-hydroxylation sites is 2. The fourth-order valence-electron chi connectivity index (χ4n) is 2.40. The summed E-state index contributed by atoms with van der Waals surface area (Å²) in [6, 6.07) is 13.7. The number of ether oxygens (including phenoxy) is 3. The molecule has 0 aliphatic rings. The molecule has 9 nitrogen and oxygen atoms in total. The molecule has 1 amide bonds. The first-order chi connectivity index (χ1) is 14.6. The van der Waals surface area contributed by atoms with Gasteiger partial charge in [-0.1, -0.05) is 30.0 Å². The number of anilines is 1. The number of amides is 1. The Kier molecular flexibility index (Phi) is 7.28. The van der Waals surface area contributed by atoms with Crippen LogP contribution in [0.25, 0.3) is 0 Å². The average Bonchev–Trinajstić information content (AvgIpc) is 3.24. The predicted octanol–water partition coefficient (Wildman–Crippen LogP) is 3.17. The van der Waals surface area contributed by atoms with Crippen LogP contribution in [0.5, 0.6) is 11.5 Å². The zero-order valence-electron chi connectivity index (χ0n) is 16.3. The fraction of sp³-hybridized carbons (Fsp3) is 0.200. The lowest BCUT2D eigenvalue weighted by molar-refractivity contribution is -0.113. The van der Waals surface area contributed by atoms with Gasteiger partial charge in [0.15, 0.2) is 18.1 Å². The first-order valence-electron chi connectivity index (χ1n) is 8.78. The summed E-state index contributed by atoms with van der Waals surface area (Å²) < 4.78 is 21.0. The highest BCUT2D eigenvalue weighted by atomic mass is 32.2. The summed E-state index contributed by atoms with van der Waals surface area (Å²) in [4.78, 5) is 23.7. The zero-order valence-corrected chi connectivity index (χ0v) is 17.1. The minimum absolute atomic E-state index is 0.0530. The molecular weight excluding hydrogens is 410 g/mol. The molecule has 10 heteroatoms. The van der Waals surface area contributed by atoms with Crippen molar-refractivity contribution >= 4 is 29.3 Å². The molecule has 0 spiro atoms. The first-order valence-corrected chi connectivity index (χ1v) is 9.77. The minimum atomic E-state index is -0.478. The van der Waals surface area contributed by atoms with Gasteiger partial charge < -0.3 is 23.9 Å². The Labute approximate surface area is 176 Å². The van der Waals surface area contributed by atoms with Crippen LogP contribution in [0.4, 0.5) is 5.69 Å². The van der Waals surface area contributed by atoms with Crippen molar-refractivity contribution in [2.24, 2.45) is 0 Å². The third-order valence-corrected chi connectivity index (χ3v) is 4.58. The summed E-state index contributed by atoms with van der Waals surface area (Å²) in [6.07, 6.45) is 0. The van der Waals surface area contributed by atoms with Crippen molar-refractivity contribution in [3.63, 3.8) is 0 Å². The predicted molar refractivity (Wildman–Crippen MR) is 109 cm³/mol. The molecule has 0 aliphatic carbocycles. The van der Waals surface area contributed by atoms with Crippen molar-refractivity contribution < 1.29 is 28.2 Å². The molecule has 1 heterocycles. The van der Waals surface area contributed by atoms with E-state index in [9.17, 15) is 9.59 Å². The van der Waals surface area contributed by atoms with Crippen LogP contribution >= 0.6 is 11.8 Å². The summed E-state index contributed by atoms with van der Waals surface area (Å²) in [5.41, 5.74) is 0.833. The molecule has 3 aromatic rings. The van der Waals surface area contributed by atoms with E-state index in [-0.39, 0.29) is 29.4 Å². The quantitative estimate of drug-likeness (QED) is 0.405. The highest BCUT2D eigenvalue weighted by molar-refractivity contribution is 7.99. The van der Waals surface area contributed by atoms with Gasteiger partial charge in [-0.05, 0) is 30.3 Å². The molecule has 0 saturated carbocycles. The molecule has 0 atom stereocenters. The Bertz CT molecular complexity index is 1020. The minimum Gasteiger partial charge on any atom is -0.493 e. The van der Waals surface area contributed by atoms with Gasteiger partial charge in [-0.15, -0.1) is 10.2 Å². The molecular formula is C20H19N3O6S. The summed E-state index contributed by atoms with van der Waals surface area (Å²) in [5, 5.41) is 10.7. The molecule has 0 radical (unpaired) electrons. The van der Waals surface area contributed by atoms with E-state index in [1.54, 1.807) is 37.4 Å². The number of thioether (sulfide) groups is 1. The molecule has 1 N–H and O–H groups in total. The van der Waals surface area contributed by atoms with Crippen molar-refractivity contribution in [3.8, 4) is 11.5 Å². The van der Waals surface area contributed by atoms with E-state index in [1.807, 2.05) is 12.1 Å². The van der Waals surface area contributed by atoms with Crippen LogP contribution in [0.15, 0.2) is 58.2 Å². The van der Waals surface area contributed by atoms with E-state index in [2.05, 4.69) is 20.3 Å². The number of esters is 1. The molecule has 30 heavy (non-hydrogen) atoms. The van der Waals surface area contributed by atoms with Crippen molar-refractivity contribution in [2.45, 2.75) is 11.8 Å². The van der Waals surface area contributed by atoms with Crippen LogP contribution in [0, 0.1) is 0 Å². The Morgan fingerprint density at radius 3 is 2.63 bits per heavy atom. The number of nitrogens with zero attached hydrogens (tertiary/aromatic N) is 2. The number of hydrogen-bond donors (Lipinski definition) is 1. The van der Waals surface area contributed by atoms with Crippen LogP contribution in [0.1, 0.15) is 16.2 Å². The lowest BCUT2D eigenvalue weighted by atomic mass is 10.2. The molecule has 0 aliphatic heterocycles. The maximum absolute atomic E-state index is 12.1. The van der Waals surface area contributed by atoms with Gasteiger partial charge in [-0.25, -0.2) is 4.79 Å². The van der Waals surface area contributed by atoms with E-state index < -0.39 is 5.97 Å². The lowest BCUT2D eigenvalue weighted by Gasteiger charge is -2.08. The van der Waals surface area contributed by atoms with Gasteiger partial charge in [0, 0.05) is 5.69 Å². The second-order valence-electron chi connectivity index (χ2n) is 5.81. The average molecular weight is 429 g/mol. The van der Waals surface area contributed by atoms with E-state index in [1.165, 1.54) is 13.2 Å². The highest BCUT2D eigenvalue weighted by Crippen LogP contribution is 2.27. The number of rotatable bonds is 9. The zero-order chi connectivity index (χ0) is 21.3. The third-order valence-electron chi connectivity index (χ3n) is 3.76. The largest absolute Gasteiger partial charge is 0.493 e. The maximum Gasteiger partial charge on any atom is 0.337 e. The van der Waals surface area contributed by atoms with Crippen molar-refractivity contribution in [1.82, 2.24) is 10.2 Å². The molecule has 0 fully saturated rings. The van der Waals surface area contributed by atoms with Crippen LogP contribution in [-0.2, 0) is 16.1 Å². The Hall–Kier alpha value is -3.53. The number of carbonyl (C=O) groups is 2. The number of methoxy groups -OCH3 is 2. The SMILES string of the molecule is COC(=O)c1cccc(NC(=O)CSc2nnc(COc3ccccc3OC)o2)c1. The number of hydrogen-bond acceptors (Lipinski definition) is 9. The van der Waals surface area contributed by atoms with Gasteiger partial charge in [0.2, 0.25) is 5.91 Å². The molecule has 0 saturated heterocycles. The second kappa shape index (κ2) is 10.3. The highest BCUT2D eigenvalue weighted by Gasteiger charge is 2.12. The topological polar surface area (TPSA) is 113 Å². The van der Waals surface area contributed by atoms with Crippen LogP contribution < -0.4 is 14.8 Å². The summed E-state index contributed by atoms with van der Waals surface area (Å²) >= 11 is 1.09. The summed E-state index contributed by atoms with van der Waals surface area (Å²) in [7, 11) is 2.85. The number of aromatic nitrogens is 2. The Balaban J connectivity index is 1.49. The standard InChI is InChI=1S/C20H19N3O6S/c1-26-15-8-3-4-9-16(15)28-11-18-22-23-20(29-18)30-12-17(24)21-14-7-5-6-13(10-14)19(25)27-2/h3-10H,11-12H2,1-2H3,(H,21,24). The fourth-order valence-corrected chi connectivity index (χ4v) is 2.98. The second-order valence-corrected chi connectivity index (χ2v) is 6.74. The number of carbonyl (C=O) groups excluding carboxylic acids is 2. The van der Waals surface area contributed by atoms with Gasteiger partial charge >= 0.3 is 5.97 Å². The van der Waals surface area contributed by atoms with E-state index in [0.29, 0.717) is 22.7 Å². The van der Waals surface area contributed by atoms with Gasteiger partial charge in [-0.3, -0.25) is 4.79 Å². The van der Waals surface area contributed by atoms with Gasteiger partial charge in [-0.2, -0.15) is 0 Å².